The molecule has 2 rings (SSSR count). The third-order valence-electron chi connectivity index (χ3n) is 1.86. The van der Waals surface area contributed by atoms with Gasteiger partial charge in [0.15, 0.2) is 5.96 Å². The predicted molar refractivity (Wildman–Crippen MR) is 70.3 cm³/mol. The molecule has 0 amide bonds. The standard InChI is InChI=1S/C9H9BrClN3.ClH/c10-7-2-1-6(11)5-8(7)14-9-12-3-4-13-9;/h1-2,5H,3-4H2,(H2,12,13,14);1H. The number of benzene rings is 1. The van der Waals surface area contributed by atoms with E-state index in [1.54, 1.807) is 0 Å². The van der Waals surface area contributed by atoms with Crippen molar-refractivity contribution in [1.29, 1.82) is 0 Å². The second-order valence-corrected chi connectivity index (χ2v) is 4.20. The molecule has 1 heterocycles. The summed E-state index contributed by atoms with van der Waals surface area (Å²) in [5, 5.41) is 6.99. The van der Waals surface area contributed by atoms with E-state index in [0.29, 0.717) is 5.02 Å². The zero-order chi connectivity index (χ0) is 9.97. The summed E-state index contributed by atoms with van der Waals surface area (Å²) in [7, 11) is 0. The summed E-state index contributed by atoms with van der Waals surface area (Å²) in [5.41, 5.74) is 0.922. The van der Waals surface area contributed by atoms with Crippen LogP contribution in [0.15, 0.2) is 27.7 Å². The average molecular weight is 311 g/mol. The van der Waals surface area contributed by atoms with Gasteiger partial charge in [0, 0.05) is 16.0 Å². The van der Waals surface area contributed by atoms with Crippen LogP contribution < -0.4 is 10.6 Å². The molecule has 0 bridgehead atoms. The van der Waals surface area contributed by atoms with E-state index in [1.165, 1.54) is 0 Å². The van der Waals surface area contributed by atoms with Gasteiger partial charge in [0.25, 0.3) is 0 Å². The van der Waals surface area contributed by atoms with Crippen LogP contribution in [0.25, 0.3) is 0 Å². The predicted octanol–water partition coefficient (Wildman–Crippen LogP) is 2.90. The van der Waals surface area contributed by atoms with E-state index in [0.717, 1.165) is 29.2 Å². The van der Waals surface area contributed by atoms with Gasteiger partial charge in [0.1, 0.15) is 0 Å². The van der Waals surface area contributed by atoms with E-state index in [-0.39, 0.29) is 12.4 Å². The van der Waals surface area contributed by atoms with Crippen molar-refractivity contribution in [1.82, 2.24) is 5.32 Å². The largest absolute Gasteiger partial charge is 0.354 e. The van der Waals surface area contributed by atoms with Crippen LogP contribution in [0, 0.1) is 0 Å². The molecule has 0 atom stereocenters. The molecule has 3 nitrogen and oxygen atoms in total. The highest BCUT2D eigenvalue weighted by Gasteiger charge is 2.07. The Kier molecular flexibility index (Phi) is 4.70. The van der Waals surface area contributed by atoms with E-state index >= 15 is 0 Å². The molecule has 0 aliphatic carbocycles. The first-order valence-electron chi connectivity index (χ1n) is 4.26. The molecule has 1 aromatic carbocycles. The Bertz CT molecular complexity index is 382. The number of nitrogens with zero attached hydrogens (tertiary/aromatic N) is 1. The number of anilines is 1. The van der Waals surface area contributed by atoms with Gasteiger partial charge in [-0.15, -0.1) is 12.4 Å². The van der Waals surface area contributed by atoms with Crippen molar-refractivity contribution in [3.63, 3.8) is 0 Å². The fraction of sp³-hybridized carbons (Fsp3) is 0.222. The van der Waals surface area contributed by atoms with Gasteiger partial charge >= 0.3 is 0 Å². The lowest BCUT2D eigenvalue weighted by Gasteiger charge is -2.08. The number of halogens is 3. The van der Waals surface area contributed by atoms with Crippen molar-refractivity contribution in [2.45, 2.75) is 0 Å². The molecular formula is C9H10BrCl2N3. The van der Waals surface area contributed by atoms with Crippen molar-refractivity contribution >= 4 is 51.6 Å². The SMILES string of the molecule is Cl.Clc1ccc(Br)c(NC2=NCCN2)c1. The maximum atomic E-state index is 5.88. The lowest BCUT2D eigenvalue weighted by molar-refractivity contribution is 0.959. The van der Waals surface area contributed by atoms with Crippen LogP contribution >= 0.6 is 39.9 Å². The summed E-state index contributed by atoms with van der Waals surface area (Å²) in [5.74, 6) is 0.799. The van der Waals surface area contributed by atoms with E-state index in [2.05, 4.69) is 31.6 Å². The Morgan fingerprint density at radius 3 is 2.93 bits per heavy atom. The normalized spacial score (nSPS) is 13.9. The second-order valence-electron chi connectivity index (χ2n) is 2.91. The van der Waals surface area contributed by atoms with Crippen LogP contribution in [0.1, 0.15) is 0 Å². The number of rotatable bonds is 1. The van der Waals surface area contributed by atoms with Crippen molar-refractivity contribution in [2.24, 2.45) is 4.99 Å². The van der Waals surface area contributed by atoms with Gasteiger partial charge < -0.3 is 10.6 Å². The van der Waals surface area contributed by atoms with Crippen LogP contribution in [-0.2, 0) is 0 Å². The topological polar surface area (TPSA) is 36.4 Å². The Morgan fingerprint density at radius 2 is 2.27 bits per heavy atom. The summed E-state index contributed by atoms with van der Waals surface area (Å²) >= 11 is 9.31. The molecule has 0 spiro atoms. The van der Waals surface area contributed by atoms with Gasteiger partial charge in [-0.3, -0.25) is 4.99 Å². The Hall–Kier alpha value is -0.450. The molecule has 0 fully saturated rings. The van der Waals surface area contributed by atoms with Crippen LogP contribution in [-0.4, -0.2) is 19.0 Å². The molecule has 0 saturated heterocycles. The molecule has 0 aromatic heterocycles. The maximum absolute atomic E-state index is 5.88. The first-order chi connectivity index (χ1) is 6.75. The molecule has 0 unspecified atom stereocenters. The van der Waals surface area contributed by atoms with Crippen molar-refractivity contribution in [3.8, 4) is 0 Å². The molecule has 82 valence electrons. The third-order valence-corrected chi connectivity index (χ3v) is 2.78. The van der Waals surface area contributed by atoms with E-state index in [9.17, 15) is 0 Å². The van der Waals surface area contributed by atoms with Gasteiger partial charge in [-0.1, -0.05) is 11.6 Å². The molecule has 15 heavy (non-hydrogen) atoms. The molecule has 1 aromatic rings. The smallest absolute Gasteiger partial charge is 0.195 e. The first kappa shape index (κ1) is 12.6. The molecular weight excluding hydrogens is 301 g/mol. The summed E-state index contributed by atoms with van der Waals surface area (Å²) in [4.78, 5) is 4.23. The van der Waals surface area contributed by atoms with Crippen molar-refractivity contribution < 1.29 is 0 Å². The first-order valence-corrected chi connectivity index (χ1v) is 5.43. The Morgan fingerprint density at radius 1 is 1.47 bits per heavy atom. The van der Waals surface area contributed by atoms with E-state index in [4.69, 9.17) is 11.6 Å². The lowest BCUT2D eigenvalue weighted by Crippen LogP contribution is -2.26. The third kappa shape index (κ3) is 3.26. The molecule has 0 saturated carbocycles. The van der Waals surface area contributed by atoms with E-state index in [1.807, 2.05) is 18.2 Å². The highest BCUT2D eigenvalue weighted by atomic mass is 79.9. The zero-order valence-electron chi connectivity index (χ0n) is 7.76. The minimum Gasteiger partial charge on any atom is -0.354 e. The average Bonchev–Trinajstić information content (AvgIpc) is 2.64. The quantitative estimate of drug-likeness (QED) is 0.837. The second kappa shape index (κ2) is 5.58. The van der Waals surface area contributed by atoms with E-state index < -0.39 is 0 Å². The Balaban J connectivity index is 0.00000112. The van der Waals surface area contributed by atoms with Gasteiger partial charge in [-0.25, -0.2) is 0 Å². The summed E-state index contributed by atoms with van der Waals surface area (Å²) in [6.45, 7) is 1.71. The van der Waals surface area contributed by atoms with Crippen LogP contribution in [0.5, 0.6) is 0 Å². The molecule has 0 radical (unpaired) electrons. The van der Waals surface area contributed by atoms with Crippen LogP contribution in [0.4, 0.5) is 5.69 Å². The monoisotopic (exact) mass is 309 g/mol. The Labute approximate surface area is 108 Å². The number of nitrogens with one attached hydrogen (secondary N) is 2. The summed E-state index contributed by atoms with van der Waals surface area (Å²) < 4.78 is 0.971. The van der Waals surface area contributed by atoms with Crippen LogP contribution in [0.2, 0.25) is 5.02 Å². The van der Waals surface area contributed by atoms with Crippen LogP contribution in [0.3, 0.4) is 0 Å². The van der Waals surface area contributed by atoms with Crippen molar-refractivity contribution in [3.05, 3.63) is 27.7 Å². The molecule has 2 N–H and O–H groups in total. The number of hydrogen-bond donors (Lipinski definition) is 2. The highest BCUT2D eigenvalue weighted by Crippen LogP contribution is 2.25. The molecule has 1 aliphatic heterocycles. The fourth-order valence-corrected chi connectivity index (χ4v) is 1.72. The van der Waals surface area contributed by atoms with Gasteiger partial charge in [-0.05, 0) is 34.1 Å². The number of hydrogen-bond acceptors (Lipinski definition) is 3. The van der Waals surface area contributed by atoms with Gasteiger partial charge in [0.05, 0.1) is 12.2 Å². The minimum absolute atomic E-state index is 0. The summed E-state index contributed by atoms with van der Waals surface area (Å²) in [6.07, 6.45) is 0. The number of aliphatic imine (C=N–C) groups is 1. The lowest BCUT2D eigenvalue weighted by atomic mass is 10.3. The highest BCUT2D eigenvalue weighted by molar-refractivity contribution is 9.10. The molecule has 1 aliphatic rings. The van der Waals surface area contributed by atoms with Gasteiger partial charge in [-0.2, -0.15) is 0 Å². The maximum Gasteiger partial charge on any atom is 0.195 e. The molecule has 6 heteroatoms. The summed E-state index contributed by atoms with van der Waals surface area (Å²) in [6, 6.07) is 5.59. The fourth-order valence-electron chi connectivity index (χ4n) is 1.20. The number of guanidine groups is 1. The van der Waals surface area contributed by atoms with Gasteiger partial charge in [0.2, 0.25) is 0 Å². The minimum atomic E-state index is 0. The zero-order valence-corrected chi connectivity index (χ0v) is 10.9. The van der Waals surface area contributed by atoms with Crippen molar-refractivity contribution in [2.75, 3.05) is 18.4 Å².